The number of anilines is 1. The van der Waals surface area contributed by atoms with Gasteiger partial charge in [-0.15, -0.1) is 0 Å². The van der Waals surface area contributed by atoms with Crippen LogP contribution in [0.4, 0.5) is 5.82 Å². The second kappa shape index (κ2) is 5.58. The topological polar surface area (TPSA) is 75.4 Å². The van der Waals surface area contributed by atoms with Crippen LogP contribution in [0.25, 0.3) is 0 Å². The van der Waals surface area contributed by atoms with E-state index in [1.165, 1.54) is 0 Å². The maximum Gasteiger partial charge on any atom is 0.223 e. The van der Waals surface area contributed by atoms with Crippen LogP contribution in [0.5, 0.6) is 0 Å². The summed E-state index contributed by atoms with van der Waals surface area (Å²) in [6.07, 6.45) is 6.79. The molecule has 1 amide bonds. The van der Waals surface area contributed by atoms with Gasteiger partial charge in [0.1, 0.15) is 11.6 Å². The number of amides is 1. The third-order valence-electron chi connectivity index (χ3n) is 5.25. The molecule has 2 aliphatic heterocycles. The Labute approximate surface area is 140 Å². The Morgan fingerprint density at radius 3 is 2.88 bits per heavy atom. The SMILES string of the molecule is Cc1noc(C)c1CN1CC2(CCN(c3cnccn3)C2)CC1=O. The van der Waals surface area contributed by atoms with Gasteiger partial charge in [0.15, 0.2) is 0 Å². The fraction of sp³-hybridized carbons (Fsp3) is 0.529. The highest BCUT2D eigenvalue weighted by Crippen LogP contribution is 2.41. The molecule has 126 valence electrons. The molecule has 4 heterocycles. The van der Waals surface area contributed by atoms with Gasteiger partial charge in [-0.05, 0) is 20.3 Å². The third kappa shape index (κ3) is 2.53. The second-order valence-corrected chi connectivity index (χ2v) is 6.96. The molecule has 7 nitrogen and oxygen atoms in total. The summed E-state index contributed by atoms with van der Waals surface area (Å²) in [5.74, 6) is 1.91. The van der Waals surface area contributed by atoms with Gasteiger partial charge in [-0.2, -0.15) is 0 Å². The van der Waals surface area contributed by atoms with Gasteiger partial charge in [-0.1, -0.05) is 5.16 Å². The van der Waals surface area contributed by atoms with Crippen LogP contribution < -0.4 is 4.90 Å². The molecule has 2 saturated heterocycles. The number of rotatable bonds is 3. The Kier molecular flexibility index (Phi) is 3.51. The van der Waals surface area contributed by atoms with Crippen LogP contribution >= 0.6 is 0 Å². The van der Waals surface area contributed by atoms with E-state index in [4.69, 9.17) is 4.52 Å². The quantitative estimate of drug-likeness (QED) is 0.854. The van der Waals surface area contributed by atoms with Crippen LogP contribution in [0.15, 0.2) is 23.1 Å². The fourth-order valence-corrected chi connectivity index (χ4v) is 3.90. The molecule has 0 saturated carbocycles. The smallest absolute Gasteiger partial charge is 0.223 e. The first kappa shape index (κ1) is 15.1. The summed E-state index contributed by atoms with van der Waals surface area (Å²) in [5.41, 5.74) is 1.92. The average molecular weight is 327 g/mol. The molecule has 2 fully saturated rings. The van der Waals surface area contributed by atoms with Crippen LogP contribution in [0.1, 0.15) is 29.9 Å². The molecule has 2 aliphatic rings. The molecule has 24 heavy (non-hydrogen) atoms. The van der Waals surface area contributed by atoms with Crippen LogP contribution in [0.2, 0.25) is 0 Å². The minimum Gasteiger partial charge on any atom is -0.361 e. The van der Waals surface area contributed by atoms with E-state index in [0.717, 1.165) is 48.9 Å². The first-order valence-electron chi connectivity index (χ1n) is 8.27. The zero-order valence-electron chi connectivity index (χ0n) is 14.0. The molecule has 1 spiro atoms. The predicted octanol–water partition coefficient (Wildman–Crippen LogP) is 1.71. The molecular weight excluding hydrogens is 306 g/mol. The normalized spacial score (nSPS) is 23.7. The third-order valence-corrected chi connectivity index (χ3v) is 5.25. The van der Waals surface area contributed by atoms with Crippen LogP contribution in [-0.2, 0) is 11.3 Å². The number of aromatic nitrogens is 3. The van der Waals surface area contributed by atoms with E-state index >= 15 is 0 Å². The van der Waals surface area contributed by atoms with E-state index in [0.29, 0.717) is 13.0 Å². The molecule has 4 rings (SSSR count). The first-order chi connectivity index (χ1) is 11.6. The molecule has 1 atom stereocenters. The predicted molar refractivity (Wildman–Crippen MR) is 87.3 cm³/mol. The van der Waals surface area contributed by atoms with E-state index in [9.17, 15) is 4.79 Å². The standard InChI is InChI=1S/C17H21N5O2/c1-12-14(13(2)24-20-12)9-22-11-17(7-16(22)23)3-6-21(10-17)15-8-18-4-5-19-15/h4-5,8H,3,6-7,9-11H2,1-2H3. The van der Waals surface area contributed by atoms with Crippen molar-refractivity contribution in [3.8, 4) is 0 Å². The molecular formula is C17H21N5O2. The van der Waals surface area contributed by atoms with Gasteiger partial charge in [-0.3, -0.25) is 9.78 Å². The van der Waals surface area contributed by atoms with Crippen molar-refractivity contribution >= 4 is 11.7 Å². The largest absolute Gasteiger partial charge is 0.361 e. The number of aryl methyl sites for hydroxylation is 2. The lowest BCUT2D eigenvalue weighted by Gasteiger charge is -2.24. The molecule has 0 bridgehead atoms. The Balaban J connectivity index is 1.48. The molecule has 0 radical (unpaired) electrons. The number of hydrogen-bond acceptors (Lipinski definition) is 6. The summed E-state index contributed by atoms with van der Waals surface area (Å²) in [4.78, 5) is 25.3. The zero-order chi connectivity index (χ0) is 16.7. The van der Waals surface area contributed by atoms with Crippen molar-refractivity contribution in [2.24, 2.45) is 5.41 Å². The van der Waals surface area contributed by atoms with Gasteiger partial charge < -0.3 is 14.3 Å². The van der Waals surface area contributed by atoms with Gasteiger partial charge in [0.25, 0.3) is 0 Å². The lowest BCUT2D eigenvalue weighted by atomic mass is 9.86. The highest BCUT2D eigenvalue weighted by Gasteiger charge is 2.47. The fourth-order valence-electron chi connectivity index (χ4n) is 3.90. The van der Waals surface area contributed by atoms with Gasteiger partial charge in [0.2, 0.25) is 5.91 Å². The number of nitrogens with zero attached hydrogens (tertiary/aromatic N) is 5. The van der Waals surface area contributed by atoms with Crippen molar-refractivity contribution in [3.05, 3.63) is 35.6 Å². The van der Waals surface area contributed by atoms with Gasteiger partial charge in [-0.25, -0.2) is 4.98 Å². The minimum atomic E-state index is 0.0214. The summed E-state index contributed by atoms with van der Waals surface area (Å²) in [6.45, 7) is 6.98. The van der Waals surface area contributed by atoms with Crippen molar-refractivity contribution in [2.45, 2.75) is 33.2 Å². The van der Waals surface area contributed by atoms with Crippen LogP contribution in [0.3, 0.4) is 0 Å². The number of hydrogen-bond donors (Lipinski definition) is 0. The monoisotopic (exact) mass is 327 g/mol. The molecule has 2 aromatic heterocycles. The first-order valence-corrected chi connectivity index (χ1v) is 8.27. The molecule has 2 aromatic rings. The molecule has 0 aliphatic carbocycles. The minimum absolute atomic E-state index is 0.0214. The van der Waals surface area contributed by atoms with Gasteiger partial charge >= 0.3 is 0 Å². The van der Waals surface area contributed by atoms with Crippen molar-refractivity contribution in [3.63, 3.8) is 0 Å². The van der Waals surface area contributed by atoms with E-state index in [2.05, 4.69) is 20.0 Å². The highest BCUT2D eigenvalue weighted by molar-refractivity contribution is 5.80. The van der Waals surface area contributed by atoms with Crippen molar-refractivity contribution < 1.29 is 9.32 Å². The van der Waals surface area contributed by atoms with Crippen molar-refractivity contribution in [1.29, 1.82) is 0 Å². The van der Waals surface area contributed by atoms with Crippen LogP contribution in [0, 0.1) is 19.3 Å². The molecule has 1 unspecified atom stereocenters. The lowest BCUT2D eigenvalue weighted by Crippen LogP contribution is -2.31. The van der Waals surface area contributed by atoms with E-state index in [1.54, 1.807) is 18.6 Å². The summed E-state index contributed by atoms with van der Waals surface area (Å²) in [6, 6.07) is 0. The summed E-state index contributed by atoms with van der Waals surface area (Å²) >= 11 is 0. The number of carbonyl (C=O) groups excluding carboxylic acids is 1. The Hall–Kier alpha value is -2.44. The van der Waals surface area contributed by atoms with E-state index < -0.39 is 0 Å². The maximum atomic E-state index is 12.6. The highest BCUT2D eigenvalue weighted by atomic mass is 16.5. The van der Waals surface area contributed by atoms with E-state index in [-0.39, 0.29) is 11.3 Å². The Bertz CT molecular complexity index is 740. The van der Waals surface area contributed by atoms with Crippen molar-refractivity contribution in [1.82, 2.24) is 20.0 Å². The van der Waals surface area contributed by atoms with Crippen molar-refractivity contribution in [2.75, 3.05) is 24.5 Å². The van der Waals surface area contributed by atoms with E-state index in [1.807, 2.05) is 18.7 Å². The Morgan fingerprint density at radius 2 is 2.17 bits per heavy atom. The van der Waals surface area contributed by atoms with Crippen LogP contribution in [-0.4, -0.2) is 45.6 Å². The molecule has 7 heteroatoms. The maximum absolute atomic E-state index is 12.6. The molecule has 0 aromatic carbocycles. The molecule has 0 N–H and O–H groups in total. The summed E-state index contributed by atoms with van der Waals surface area (Å²) in [5, 5.41) is 3.99. The Morgan fingerprint density at radius 1 is 1.29 bits per heavy atom. The average Bonchev–Trinajstić information content (AvgIpc) is 3.23. The zero-order valence-corrected chi connectivity index (χ0v) is 14.0. The lowest BCUT2D eigenvalue weighted by molar-refractivity contribution is -0.128. The summed E-state index contributed by atoms with van der Waals surface area (Å²) < 4.78 is 5.22. The second-order valence-electron chi connectivity index (χ2n) is 6.96. The van der Waals surface area contributed by atoms with Gasteiger partial charge in [0.05, 0.1) is 18.4 Å². The van der Waals surface area contributed by atoms with Gasteiger partial charge in [0, 0.05) is 49.4 Å². The number of likely N-dealkylation sites (tertiary alicyclic amines) is 1. The summed E-state index contributed by atoms with van der Waals surface area (Å²) in [7, 11) is 0. The number of carbonyl (C=O) groups is 1.